The maximum Gasteiger partial charge on any atom is 0.310 e. The van der Waals surface area contributed by atoms with Gasteiger partial charge < -0.3 is 19.1 Å². The molecule has 1 amide bonds. The van der Waals surface area contributed by atoms with Crippen molar-refractivity contribution in [3.05, 3.63) is 23.8 Å². The molecule has 2 aliphatic heterocycles. The molecular formula is C15H17NO5. The molecule has 3 rings (SSSR count). The summed E-state index contributed by atoms with van der Waals surface area (Å²) in [6, 6.07) is 5.12. The molecule has 1 aromatic rings. The highest BCUT2D eigenvalue weighted by molar-refractivity contribution is 5.95. The largest absolute Gasteiger partial charge is 0.469 e. The van der Waals surface area contributed by atoms with Crippen LogP contribution in [0.2, 0.25) is 0 Å². The molecule has 0 aliphatic carbocycles. The smallest absolute Gasteiger partial charge is 0.310 e. The van der Waals surface area contributed by atoms with Crippen molar-refractivity contribution >= 4 is 11.9 Å². The molecule has 2 heterocycles. The second kappa shape index (κ2) is 5.27. The summed E-state index contributed by atoms with van der Waals surface area (Å²) in [5.74, 6) is 0.699. The van der Waals surface area contributed by atoms with Gasteiger partial charge in [-0.05, 0) is 24.1 Å². The van der Waals surface area contributed by atoms with Crippen LogP contribution >= 0.6 is 0 Å². The number of esters is 1. The first kappa shape index (κ1) is 13.7. The van der Waals surface area contributed by atoms with E-state index in [0.717, 1.165) is 0 Å². The van der Waals surface area contributed by atoms with E-state index in [-0.39, 0.29) is 30.5 Å². The molecule has 112 valence electrons. The molecule has 1 aromatic carbocycles. The average molecular weight is 291 g/mol. The van der Waals surface area contributed by atoms with Gasteiger partial charge in [-0.25, -0.2) is 0 Å². The Bertz CT molecular complexity index is 585. The number of likely N-dealkylation sites (tertiary alicyclic amines) is 1. The second-order valence-corrected chi connectivity index (χ2v) is 5.39. The molecule has 2 atom stereocenters. The van der Waals surface area contributed by atoms with E-state index in [1.165, 1.54) is 7.11 Å². The number of carbonyl (C=O) groups is 2. The van der Waals surface area contributed by atoms with Gasteiger partial charge in [-0.3, -0.25) is 9.59 Å². The highest BCUT2D eigenvalue weighted by Gasteiger charge is 2.38. The normalized spacial score (nSPS) is 23.2. The molecule has 0 aromatic heterocycles. The van der Waals surface area contributed by atoms with Gasteiger partial charge in [-0.15, -0.1) is 0 Å². The van der Waals surface area contributed by atoms with Gasteiger partial charge in [0.25, 0.3) is 5.91 Å². The molecular weight excluding hydrogens is 274 g/mol. The van der Waals surface area contributed by atoms with Crippen molar-refractivity contribution in [1.29, 1.82) is 0 Å². The van der Waals surface area contributed by atoms with Gasteiger partial charge in [-0.2, -0.15) is 0 Å². The van der Waals surface area contributed by atoms with Crippen LogP contribution in [-0.4, -0.2) is 43.8 Å². The number of rotatable bonds is 2. The molecule has 2 aliphatic rings. The highest BCUT2D eigenvalue weighted by Crippen LogP contribution is 2.33. The van der Waals surface area contributed by atoms with Crippen molar-refractivity contribution < 1.29 is 23.8 Å². The summed E-state index contributed by atoms with van der Waals surface area (Å²) in [5.41, 5.74) is 0.539. The molecule has 2 unspecified atom stereocenters. The van der Waals surface area contributed by atoms with Gasteiger partial charge >= 0.3 is 5.97 Å². The zero-order valence-corrected chi connectivity index (χ0v) is 12.0. The third-order valence-corrected chi connectivity index (χ3v) is 4.02. The van der Waals surface area contributed by atoms with Crippen molar-refractivity contribution in [2.24, 2.45) is 11.8 Å². The van der Waals surface area contributed by atoms with Crippen LogP contribution in [0.3, 0.4) is 0 Å². The van der Waals surface area contributed by atoms with Crippen molar-refractivity contribution in [3.63, 3.8) is 0 Å². The number of ether oxygens (including phenoxy) is 3. The lowest BCUT2D eigenvalue weighted by Crippen LogP contribution is -2.30. The second-order valence-electron chi connectivity index (χ2n) is 5.39. The molecule has 0 saturated carbocycles. The number of amides is 1. The number of hydrogen-bond acceptors (Lipinski definition) is 5. The number of benzene rings is 1. The van der Waals surface area contributed by atoms with Crippen molar-refractivity contribution in [2.75, 3.05) is 27.0 Å². The Kier molecular flexibility index (Phi) is 3.45. The lowest BCUT2D eigenvalue weighted by atomic mass is 9.99. The van der Waals surface area contributed by atoms with Crippen LogP contribution in [0.5, 0.6) is 11.5 Å². The van der Waals surface area contributed by atoms with Gasteiger partial charge in [0.15, 0.2) is 11.5 Å². The summed E-state index contributed by atoms with van der Waals surface area (Å²) < 4.78 is 15.3. The molecule has 6 nitrogen and oxygen atoms in total. The van der Waals surface area contributed by atoms with Crippen LogP contribution in [-0.2, 0) is 9.53 Å². The molecule has 6 heteroatoms. The molecule has 0 radical (unpaired) electrons. The quantitative estimate of drug-likeness (QED) is 0.768. The summed E-state index contributed by atoms with van der Waals surface area (Å²) in [6.07, 6.45) is 0. The third-order valence-electron chi connectivity index (χ3n) is 4.02. The van der Waals surface area contributed by atoms with E-state index in [9.17, 15) is 9.59 Å². The molecule has 21 heavy (non-hydrogen) atoms. The number of carbonyl (C=O) groups excluding carboxylic acids is 2. The van der Waals surface area contributed by atoms with E-state index in [0.29, 0.717) is 30.2 Å². The first-order valence-corrected chi connectivity index (χ1v) is 6.87. The van der Waals surface area contributed by atoms with Crippen LogP contribution in [0, 0.1) is 11.8 Å². The maximum absolute atomic E-state index is 12.5. The van der Waals surface area contributed by atoms with E-state index < -0.39 is 0 Å². The molecule has 1 fully saturated rings. The number of fused-ring (bicyclic) bond motifs is 1. The standard InChI is InChI=1S/C15H17NO5/c1-9-6-16(7-11(9)15(18)19-2)14(17)10-3-4-12-13(5-10)21-8-20-12/h3-5,9,11H,6-8H2,1-2H3. The lowest BCUT2D eigenvalue weighted by molar-refractivity contribution is -0.146. The predicted octanol–water partition coefficient (Wildman–Crippen LogP) is 1.30. The highest BCUT2D eigenvalue weighted by atomic mass is 16.7. The van der Waals surface area contributed by atoms with Gasteiger partial charge in [-0.1, -0.05) is 6.92 Å². The zero-order valence-electron chi connectivity index (χ0n) is 12.0. The maximum atomic E-state index is 12.5. The van der Waals surface area contributed by atoms with Crippen molar-refractivity contribution in [3.8, 4) is 11.5 Å². The minimum Gasteiger partial charge on any atom is -0.469 e. The van der Waals surface area contributed by atoms with Crippen molar-refractivity contribution in [2.45, 2.75) is 6.92 Å². The first-order valence-electron chi connectivity index (χ1n) is 6.87. The summed E-state index contributed by atoms with van der Waals surface area (Å²) in [6.45, 7) is 3.07. The number of nitrogens with zero attached hydrogens (tertiary/aromatic N) is 1. The Hall–Kier alpha value is -2.24. The SMILES string of the molecule is COC(=O)C1CN(C(=O)c2ccc3c(c2)OCO3)CC1C. The first-order chi connectivity index (χ1) is 10.1. The topological polar surface area (TPSA) is 65.1 Å². The summed E-state index contributed by atoms with van der Waals surface area (Å²) in [7, 11) is 1.37. The number of hydrogen-bond donors (Lipinski definition) is 0. The van der Waals surface area contributed by atoms with Gasteiger partial charge in [0, 0.05) is 18.7 Å². The van der Waals surface area contributed by atoms with E-state index in [1.54, 1.807) is 23.1 Å². The molecule has 0 spiro atoms. The Labute approximate surface area is 122 Å². The monoisotopic (exact) mass is 291 g/mol. The Morgan fingerprint density at radius 1 is 1.24 bits per heavy atom. The van der Waals surface area contributed by atoms with Crippen LogP contribution in [0.1, 0.15) is 17.3 Å². The minimum absolute atomic E-state index is 0.0930. The molecule has 0 bridgehead atoms. The van der Waals surface area contributed by atoms with E-state index in [2.05, 4.69) is 0 Å². The zero-order chi connectivity index (χ0) is 15.0. The minimum atomic E-state index is -0.261. The predicted molar refractivity (Wildman–Crippen MR) is 73.1 cm³/mol. The fraction of sp³-hybridized carbons (Fsp3) is 0.467. The van der Waals surface area contributed by atoms with E-state index >= 15 is 0 Å². The van der Waals surface area contributed by atoms with Gasteiger partial charge in [0.05, 0.1) is 13.0 Å². The summed E-state index contributed by atoms with van der Waals surface area (Å²) in [5, 5.41) is 0. The average Bonchev–Trinajstić information content (AvgIpc) is 3.11. The molecule has 0 N–H and O–H groups in total. The third kappa shape index (κ3) is 2.41. The van der Waals surface area contributed by atoms with Crippen LogP contribution < -0.4 is 9.47 Å². The Morgan fingerprint density at radius 3 is 2.76 bits per heavy atom. The number of methoxy groups -OCH3 is 1. The van der Waals surface area contributed by atoms with Crippen LogP contribution in [0.15, 0.2) is 18.2 Å². The summed E-state index contributed by atoms with van der Waals surface area (Å²) >= 11 is 0. The van der Waals surface area contributed by atoms with E-state index in [4.69, 9.17) is 14.2 Å². The van der Waals surface area contributed by atoms with E-state index in [1.807, 2.05) is 6.92 Å². The van der Waals surface area contributed by atoms with Crippen molar-refractivity contribution in [1.82, 2.24) is 4.90 Å². The fourth-order valence-electron chi connectivity index (χ4n) is 2.80. The van der Waals surface area contributed by atoms with Crippen LogP contribution in [0.4, 0.5) is 0 Å². The fourth-order valence-corrected chi connectivity index (χ4v) is 2.80. The summed E-state index contributed by atoms with van der Waals surface area (Å²) in [4.78, 5) is 25.9. The van der Waals surface area contributed by atoms with Gasteiger partial charge in [0.1, 0.15) is 0 Å². The van der Waals surface area contributed by atoms with Gasteiger partial charge in [0.2, 0.25) is 6.79 Å². The molecule has 1 saturated heterocycles. The van der Waals surface area contributed by atoms with Crippen LogP contribution in [0.25, 0.3) is 0 Å². The lowest BCUT2D eigenvalue weighted by Gasteiger charge is -2.16. The Morgan fingerprint density at radius 2 is 2.00 bits per heavy atom. The Balaban J connectivity index is 1.76.